The molecule has 0 radical (unpaired) electrons. The molecular formula is C13H10ClN3O2. The molecule has 3 N–H and O–H groups in total. The quantitative estimate of drug-likeness (QED) is 0.730. The van der Waals surface area contributed by atoms with E-state index >= 15 is 0 Å². The van der Waals surface area contributed by atoms with Crippen molar-refractivity contribution in [3.05, 3.63) is 46.7 Å². The highest BCUT2D eigenvalue weighted by molar-refractivity contribution is 6.30. The van der Waals surface area contributed by atoms with Crippen molar-refractivity contribution in [1.82, 2.24) is 10.2 Å². The van der Waals surface area contributed by atoms with Gasteiger partial charge in [0.15, 0.2) is 0 Å². The Kier molecular flexibility index (Phi) is 4.18. The Morgan fingerprint density at radius 2 is 2.37 bits per heavy atom. The predicted molar refractivity (Wildman–Crippen MR) is 72.0 cm³/mol. The Hall–Kier alpha value is -2.29. The summed E-state index contributed by atoms with van der Waals surface area (Å²) in [5.41, 5.74) is 1.48. The number of anilines is 1. The lowest BCUT2D eigenvalue weighted by Gasteiger charge is -2.06. The number of rotatable bonds is 2. The normalized spacial score (nSPS) is 9.58. The number of carbonyl (C=O) groups is 1. The first-order valence-electron chi connectivity index (χ1n) is 5.40. The van der Waals surface area contributed by atoms with E-state index in [1.165, 1.54) is 12.4 Å². The van der Waals surface area contributed by atoms with Gasteiger partial charge in [-0.25, -0.2) is 0 Å². The number of aromatic nitrogens is 2. The molecule has 1 aromatic heterocycles. The van der Waals surface area contributed by atoms with Gasteiger partial charge < -0.3 is 10.4 Å². The highest BCUT2D eigenvalue weighted by Crippen LogP contribution is 2.20. The number of H-pyrrole nitrogens is 1. The minimum absolute atomic E-state index is 0.262. The molecule has 1 aromatic carbocycles. The fourth-order valence-corrected chi connectivity index (χ4v) is 1.61. The van der Waals surface area contributed by atoms with Gasteiger partial charge in [0, 0.05) is 16.8 Å². The van der Waals surface area contributed by atoms with Gasteiger partial charge in [-0.15, -0.1) is 0 Å². The number of aliphatic hydroxyl groups excluding tert-OH is 1. The first kappa shape index (κ1) is 13.1. The van der Waals surface area contributed by atoms with E-state index in [0.29, 0.717) is 21.8 Å². The largest absolute Gasteiger partial charge is 0.384 e. The molecule has 6 heteroatoms. The number of amides is 1. The van der Waals surface area contributed by atoms with Crippen molar-refractivity contribution in [3.63, 3.8) is 0 Å². The van der Waals surface area contributed by atoms with Gasteiger partial charge in [-0.3, -0.25) is 9.89 Å². The number of nitrogens with zero attached hydrogens (tertiary/aromatic N) is 1. The number of nitrogens with one attached hydrogen (secondary N) is 2. The second-order valence-corrected chi connectivity index (χ2v) is 4.03. The van der Waals surface area contributed by atoms with Crippen LogP contribution >= 0.6 is 11.6 Å². The molecule has 2 rings (SSSR count). The lowest BCUT2D eigenvalue weighted by atomic mass is 10.1. The van der Waals surface area contributed by atoms with Crippen LogP contribution in [0.25, 0.3) is 0 Å². The minimum Gasteiger partial charge on any atom is -0.384 e. The van der Waals surface area contributed by atoms with Crippen molar-refractivity contribution in [2.24, 2.45) is 0 Å². The fourth-order valence-electron chi connectivity index (χ4n) is 1.43. The van der Waals surface area contributed by atoms with Gasteiger partial charge in [-0.2, -0.15) is 5.10 Å². The molecule has 1 amide bonds. The average molecular weight is 276 g/mol. The van der Waals surface area contributed by atoms with E-state index < -0.39 is 0 Å². The molecule has 0 aliphatic heterocycles. The predicted octanol–water partition coefficient (Wildman–Crippen LogP) is 1.66. The van der Waals surface area contributed by atoms with Crippen LogP contribution in [0.2, 0.25) is 5.02 Å². The number of carbonyl (C=O) groups excluding carboxylic acids is 1. The van der Waals surface area contributed by atoms with Crippen LogP contribution in [0.15, 0.2) is 30.6 Å². The number of aliphatic hydroxyl groups is 1. The lowest BCUT2D eigenvalue weighted by molar-refractivity contribution is 0.102. The van der Waals surface area contributed by atoms with Gasteiger partial charge in [0.2, 0.25) is 0 Å². The van der Waals surface area contributed by atoms with Crippen molar-refractivity contribution >= 4 is 23.2 Å². The summed E-state index contributed by atoms with van der Waals surface area (Å²) in [7, 11) is 0. The number of aromatic amines is 1. The zero-order chi connectivity index (χ0) is 13.7. The van der Waals surface area contributed by atoms with Crippen LogP contribution in [0.1, 0.15) is 15.9 Å². The van der Waals surface area contributed by atoms with Gasteiger partial charge >= 0.3 is 0 Å². The monoisotopic (exact) mass is 275 g/mol. The molecule has 0 saturated heterocycles. The third kappa shape index (κ3) is 3.35. The maximum Gasteiger partial charge on any atom is 0.258 e. The molecule has 0 aliphatic rings. The molecule has 5 nitrogen and oxygen atoms in total. The summed E-state index contributed by atoms with van der Waals surface area (Å²) in [6, 6.07) is 4.92. The summed E-state index contributed by atoms with van der Waals surface area (Å²) in [6.45, 7) is -0.262. The zero-order valence-corrected chi connectivity index (χ0v) is 10.5. The summed E-state index contributed by atoms with van der Waals surface area (Å²) >= 11 is 5.87. The van der Waals surface area contributed by atoms with Crippen molar-refractivity contribution in [2.45, 2.75) is 0 Å². The van der Waals surface area contributed by atoms with Crippen molar-refractivity contribution < 1.29 is 9.90 Å². The smallest absolute Gasteiger partial charge is 0.258 e. The van der Waals surface area contributed by atoms with E-state index in [0.717, 1.165) is 0 Å². The first-order valence-corrected chi connectivity index (χ1v) is 5.78. The van der Waals surface area contributed by atoms with Crippen LogP contribution in [0, 0.1) is 11.8 Å². The van der Waals surface area contributed by atoms with Crippen LogP contribution in [0.5, 0.6) is 0 Å². The Morgan fingerprint density at radius 1 is 1.53 bits per heavy atom. The Bertz CT molecular complexity index is 642. The van der Waals surface area contributed by atoms with E-state index in [-0.39, 0.29) is 12.5 Å². The van der Waals surface area contributed by atoms with Crippen molar-refractivity contribution in [1.29, 1.82) is 0 Å². The van der Waals surface area contributed by atoms with E-state index in [1.54, 1.807) is 18.2 Å². The summed E-state index contributed by atoms with van der Waals surface area (Å²) in [6.07, 6.45) is 2.91. The molecule has 0 unspecified atom stereocenters. The number of hydrogen-bond donors (Lipinski definition) is 3. The number of benzene rings is 1. The molecule has 0 saturated carbocycles. The highest BCUT2D eigenvalue weighted by atomic mass is 35.5. The van der Waals surface area contributed by atoms with Gasteiger partial charge in [0.1, 0.15) is 6.61 Å². The number of hydrogen-bond acceptors (Lipinski definition) is 3. The van der Waals surface area contributed by atoms with Crippen LogP contribution in [0.4, 0.5) is 5.69 Å². The molecule has 19 heavy (non-hydrogen) atoms. The van der Waals surface area contributed by atoms with Crippen LogP contribution in [0.3, 0.4) is 0 Å². The summed E-state index contributed by atoms with van der Waals surface area (Å²) < 4.78 is 0. The minimum atomic E-state index is -0.303. The maximum absolute atomic E-state index is 11.9. The second kappa shape index (κ2) is 6.05. The SMILES string of the molecule is O=C(Nc1ccc(Cl)cc1C#CCO)c1cn[nH]c1. The van der Waals surface area contributed by atoms with Crippen LogP contribution < -0.4 is 5.32 Å². The van der Waals surface area contributed by atoms with Gasteiger partial charge in [0.05, 0.1) is 17.4 Å². The molecule has 96 valence electrons. The third-order valence-corrected chi connectivity index (χ3v) is 2.53. The lowest BCUT2D eigenvalue weighted by Crippen LogP contribution is -2.12. The van der Waals surface area contributed by atoms with Gasteiger partial charge in [0.25, 0.3) is 5.91 Å². The van der Waals surface area contributed by atoms with Gasteiger partial charge in [-0.05, 0) is 18.2 Å². The first-order chi connectivity index (χ1) is 9.20. The van der Waals surface area contributed by atoms with E-state index in [1.807, 2.05) is 0 Å². The van der Waals surface area contributed by atoms with E-state index in [9.17, 15) is 4.79 Å². The molecular weight excluding hydrogens is 266 g/mol. The standard InChI is InChI=1S/C13H10ClN3O2/c14-11-3-4-12(9(6-11)2-1-5-18)17-13(19)10-7-15-16-8-10/h3-4,6-8,18H,5H2,(H,15,16)(H,17,19). The second-order valence-electron chi connectivity index (χ2n) is 3.59. The molecule has 0 aliphatic carbocycles. The average Bonchev–Trinajstić information content (AvgIpc) is 2.93. The Morgan fingerprint density at radius 3 is 3.05 bits per heavy atom. The molecule has 0 atom stereocenters. The molecule has 0 spiro atoms. The van der Waals surface area contributed by atoms with E-state index in [2.05, 4.69) is 27.4 Å². The molecule has 0 fully saturated rings. The van der Waals surface area contributed by atoms with Gasteiger partial charge in [-0.1, -0.05) is 23.4 Å². The van der Waals surface area contributed by atoms with E-state index in [4.69, 9.17) is 16.7 Å². The molecule has 1 heterocycles. The Balaban J connectivity index is 2.27. The summed E-state index contributed by atoms with van der Waals surface area (Å²) in [5, 5.41) is 18.2. The third-order valence-electron chi connectivity index (χ3n) is 2.29. The molecule has 2 aromatic rings. The molecule has 0 bridgehead atoms. The summed E-state index contributed by atoms with van der Waals surface area (Å²) in [5.74, 6) is 4.95. The number of halogens is 1. The summed E-state index contributed by atoms with van der Waals surface area (Å²) in [4.78, 5) is 11.9. The fraction of sp³-hybridized carbons (Fsp3) is 0.0769. The topological polar surface area (TPSA) is 78.0 Å². The van der Waals surface area contributed by atoms with Crippen molar-refractivity contribution in [2.75, 3.05) is 11.9 Å². The Labute approximate surface area is 114 Å². The maximum atomic E-state index is 11.9. The van der Waals surface area contributed by atoms with Crippen LogP contribution in [-0.2, 0) is 0 Å². The zero-order valence-electron chi connectivity index (χ0n) is 9.77. The van der Waals surface area contributed by atoms with Crippen LogP contribution in [-0.4, -0.2) is 27.8 Å². The van der Waals surface area contributed by atoms with Crippen molar-refractivity contribution in [3.8, 4) is 11.8 Å². The highest BCUT2D eigenvalue weighted by Gasteiger charge is 2.09.